The van der Waals surface area contributed by atoms with Crippen LogP contribution in [-0.2, 0) is 16.4 Å². The van der Waals surface area contributed by atoms with Crippen molar-refractivity contribution in [2.75, 3.05) is 6.61 Å². The van der Waals surface area contributed by atoms with Crippen molar-refractivity contribution in [3.05, 3.63) is 29.3 Å². The van der Waals surface area contributed by atoms with Crippen molar-refractivity contribution >= 4 is 10.0 Å². The Hall–Kier alpha value is -1.58. The van der Waals surface area contributed by atoms with Gasteiger partial charge in [0.1, 0.15) is 11.8 Å². The van der Waals surface area contributed by atoms with Crippen LogP contribution < -0.4 is 9.88 Å². The summed E-state index contributed by atoms with van der Waals surface area (Å²) in [5.74, 6) is 0.876. The maximum absolute atomic E-state index is 11.6. The first-order chi connectivity index (χ1) is 9.27. The van der Waals surface area contributed by atoms with Crippen LogP contribution in [0, 0.1) is 17.2 Å². The van der Waals surface area contributed by atoms with Crippen LogP contribution in [0.25, 0.3) is 0 Å². The Morgan fingerprint density at radius 3 is 2.50 bits per heavy atom. The summed E-state index contributed by atoms with van der Waals surface area (Å²) in [7, 11) is -3.67. The van der Waals surface area contributed by atoms with Crippen molar-refractivity contribution in [3.63, 3.8) is 0 Å². The van der Waals surface area contributed by atoms with E-state index in [9.17, 15) is 8.42 Å². The SMILES string of the molecule is CC(C)Cc1c(OCC#N)cccc1C(C)S(N)(=O)=O. The minimum atomic E-state index is -3.67. The molecule has 0 heterocycles. The topological polar surface area (TPSA) is 93.2 Å². The van der Waals surface area contributed by atoms with Gasteiger partial charge in [0.2, 0.25) is 10.0 Å². The Labute approximate surface area is 120 Å². The summed E-state index contributed by atoms with van der Waals surface area (Å²) in [5, 5.41) is 13.1. The fraction of sp³-hybridized carbons (Fsp3) is 0.500. The molecule has 6 heteroatoms. The molecular formula is C14H20N2O3S. The first-order valence-corrected chi connectivity index (χ1v) is 8.01. The highest BCUT2D eigenvalue weighted by molar-refractivity contribution is 7.89. The van der Waals surface area contributed by atoms with Gasteiger partial charge in [0.15, 0.2) is 6.61 Å². The molecule has 110 valence electrons. The molecule has 1 atom stereocenters. The lowest BCUT2D eigenvalue weighted by Crippen LogP contribution is -2.21. The first-order valence-electron chi connectivity index (χ1n) is 6.40. The van der Waals surface area contributed by atoms with Crippen molar-refractivity contribution in [1.82, 2.24) is 0 Å². The van der Waals surface area contributed by atoms with Gasteiger partial charge in [-0.05, 0) is 36.5 Å². The maximum atomic E-state index is 11.6. The van der Waals surface area contributed by atoms with E-state index in [1.807, 2.05) is 19.9 Å². The van der Waals surface area contributed by atoms with Gasteiger partial charge in [-0.25, -0.2) is 13.6 Å². The molecule has 2 N–H and O–H groups in total. The highest BCUT2D eigenvalue weighted by atomic mass is 32.2. The molecule has 0 amide bonds. The monoisotopic (exact) mass is 296 g/mol. The summed E-state index contributed by atoms with van der Waals surface area (Å²) in [5.41, 5.74) is 1.44. The molecule has 0 aromatic heterocycles. The third kappa shape index (κ3) is 4.22. The van der Waals surface area contributed by atoms with E-state index in [0.29, 0.717) is 23.7 Å². The van der Waals surface area contributed by atoms with Crippen LogP contribution in [0.15, 0.2) is 18.2 Å². The number of primary sulfonamides is 1. The second-order valence-electron chi connectivity index (χ2n) is 5.10. The van der Waals surface area contributed by atoms with Crippen LogP contribution in [0.2, 0.25) is 0 Å². The number of hydrogen-bond acceptors (Lipinski definition) is 4. The lowest BCUT2D eigenvalue weighted by atomic mass is 9.95. The number of nitrogens with two attached hydrogens (primary N) is 1. The van der Waals surface area contributed by atoms with Gasteiger partial charge in [-0.15, -0.1) is 0 Å². The van der Waals surface area contributed by atoms with Crippen molar-refractivity contribution in [1.29, 1.82) is 5.26 Å². The predicted molar refractivity (Wildman–Crippen MR) is 77.6 cm³/mol. The molecule has 5 nitrogen and oxygen atoms in total. The Kier molecular flexibility index (Phi) is 5.54. The number of benzene rings is 1. The summed E-state index contributed by atoms with van der Waals surface area (Å²) in [6.07, 6.45) is 0.663. The second kappa shape index (κ2) is 6.73. The fourth-order valence-electron chi connectivity index (χ4n) is 2.01. The summed E-state index contributed by atoms with van der Waals surface area (Å²) in [4.78, 5) is 0. The van der Waals surface area contributed by atoms with E-state index in [2.05, 4.69) is 0 Å². The molecule has 0 bridgehead atoms. The molecule has 0 saturated heterocycles. The smallest absolute Gasteiger partial charge is 0.215 e. The molecule has 0 saturated carbocycles. The number of nitrogens with zero attached hydrogens (tertiary/aromatic N) is 1. The third-order valence-corrected chi connectivity index (χ3v) is 4.24. The molecule has 20 heavy (non-hydrogen) atoms. The van der Waals surface area contributed by atoms with Crippen molar-refractivity contribution < 1.29 is 13.2 Å². The molecule has 0 fully saturated rings. The van der Waals surface area contributed by atoms with Gasteiger partial charge in [-0.2, -0.15) is 5.26 Å². The minimum Gasteiger partial charge on any atom is -0.478 e. The molecule has 0 radical (unpaired) electrons. The van der Waals surface area contributed by atoms with Gasteiger partial charge in [0.05, 0.1) is 5.25 Å². The highest BCUT2D eigenvalue weighted by Gasteiger charge is 2.23. The quantitative estimate of drug-likeness (QED) is 0.870. The van der Waals surface area contributed by atoms with Crippen LogP contribution in [0.1, 0.15) is 37.1 Å². The number of sulfonamides is 1. The molecule has 1 aromatic rings. The third-order valence-electron chi connectivity index (χ3n) is 3.00. The van der Waals surface area contributed by atoms with E-state index < -0.39 is 15.3 Å². The Balaban J connectivity index is 3.32. The van der Waals surface area contributed by atoms with E-state index in [4.69, 9.17) is 15.1 Å². The zero-order valence-electron chi connectivity index (χ0n) is 12.0. The molecule has 0 spiro atoms. The van der Waals surface area contributed by atoms with Crippen LogP contribution in [-0.4, -0.2) is 15.0 Å². The number of ether oxygens (including phenoxy) is 1. The van der Waals surface area contributed by atoms with E-state index in [0.717, 1.165) is 5.56 Å². The van der Waals surface area contributed by atoms with Crippen molar-refractivity contribution in [2.45, 2.75) is 32.4 Å². The molecule has 1 rings (SSSR count). The van der Waals surface area contributed by atoms with Gasteiger partial charge in [0, 0.05) is 0 Å². The lowest BCUT2D eigenvalue weighted by Gasteiger charge is -2.19. The van der Waals surface area contributed by atoms with E-state index in [1.165, 1.54) is 0 Å². The fourth-order valence-corrected chi connectivity index (χ4v) is 2.59. The van der Waals surface area contributed by atoms with Crippen LogP contribution in [0.3, 0.4) is 0 Å². The van der Waals surface area contributed by atoms with Gasteiger partial charge < -0.3 is 4.74 Å². The zero-order chi connectivity index (χ0) is 15.3. The Bertz CT molecular complexity index is 603. The normalized spacial score (nSPS) is 13.0. The van der Waals surface area contributed by atoms with Crippen molar-refractivity contribution in [3.8, 4) is 11.8 Å². The highest BCUT2D eigenvalue weighted by Crippen LogP contribution is 2.32. The standard InChI is InChI=1S/C14H20N2O3S/c1-10(2)9-13-12(11(3)20(16,17)18)5-4-6-14(13)19-8-7-15/h4-6,10-11H,8-9H2,1-3H3,(H2,16,17,18). The van der Waals surface area contributed by atoms with Gasteiger partial charge >= 0.3 is 0 Å². The largest absolute Gasteiger partial charge is 0.478 e. The van der Waals surface area contributed by atoms with Crippen molar-refractivity contribution in [2.24, 2.45) is 11.1 Å². The number of nitriles is 1. The average molecular weight is 296 g/mol. The van der Waals surface area contributed by atoms with Crippen LogP contribution in [0.5, 0.6) is 5.75 Å². The van der Waals surface area contributed by atoms with Crippen LogP contribution >= 0.6 is 0 Å². The van der Waals surface area contributed by atoms with Crippen LogP contribution in [0.4, 0.5) is 0 Å². The summed E-state index contributed by atoms with van der Waals surface area (Å²) in [6, 6.07) is 7.11. The predicted octanol–water partition coefficient (Wildman–Crippen LogP) is 2.14. The second-order valence-corrected chi connectivity index (χ2v) is 6.99. The summed E-state index contributed by atoms with van der Waals surface area (Å²) in [6.45, 7) is 5.56. The molecule has 1 aromatic carbocycles. The van der Waals surface area contributed by atoms with Gasteiger partial charge in [0.25, 0.3) is 0 Å². The van der Waals surface area contributed by atoms with E-state index in [-0.39, 0.29) is 6.61 Å². The molecular weight excluding hydrogens is 276 g/mol. The minimum absolute atomic E-state index is 0.0711. The molecule has 0 aliphatic carbocycles. The number of rotatable bonds is 6. The molecule has 0 aliphatic heterocycles. The molecule has 1 unspecified atom stereocenters. The Morgan fingerprint density at radius 2 is 2.00 bits per heavy atom. The van der Waals surface area contributed by atoms with E-state index >= 15 is 0 Å². The first kappa shape index (κ1) is 16.5. The maximum Gasteiger partial charge on any atom is 0.215 e. The Morgan fingerprint density at radius 1 is 1.35 bits per heavy atom. The molecule has 0 aliphatic rings. The lowest BCUT2D eigenvalue weighted by molar-refractivity contribution is 0.361. The zero-order valence-corrected chi connectivity index (χ0v) is 12.8. The number of hydrogen-bond donors (Lipinski definition) is 1. The summed E-state index contributed by atoms with van der Waals surface area (Å²) >= 11 is 0. The van der Waals surface area contributed by atoms with Gasteiger partial charge in [-0.3, -0.25) is 0 Å². The van der Waals surface area contributed by atoms with E-state index in [1.54, 1.807) is 25.1 Å². The van der Waals surface area contributed by atoms with Gasteiger partial charge in [-0.1, -0.05) is 26.0 Å². The average Bonchev–Trinajstić information content (AvgIpc) is 2.35. The summed E-state index contributed by atoms with van der Waals surface area (Å²) < 4.78 is 28.6.